The van der Waals surface area contributed by atoms with Gasteiger partial charge in [-0.15, -0.1) is 0 Å². The van der Waals surface area contributed by atoms with E-state index in [4.69, 9.17) is 4.65 Å². The van der Waals surface area contributed by atoms with Crippen LogP contribution in [0.1, 0.15) is 25.3 Å². The van der Waals surface area contributed by atoms with Crippen LogP contribution in [-0.4, -0.2) is 53.7 Å². The van der Waals surface area contributed by atoms with E-state index in [1.807, 2.05) is 12.3 Å². The quantitative estimate of drug-likeness (QED) is 0.807. The monoisotopic (exact) mass is 361 g/mol. The van der Waals surface area contributed by atoms with Gasteiger partial charge in [0.25, 0.3) is 0 Å². The van der Waals surface area contributed by atoms with E-state index in [1.165, 1.54) is 0 Å². The molecule has 0 bridgehead atoms. The van der Waals surface area contributed by atoms with Crippen molar-refractivity contribution in [2.24, 2.45) is 5.92 Å². The van der Waals surface area contributed by atoms with Gasteiger partial charge in [-0.3, -0.25) is 0 Å². The molecular formula is C16H20BN3O4S. The van der Waals surface area contributed by atoms with Crippen molar-refractivity contribution in [3.05, 3.63) is 30.0 Å². The Morgan fingerprint density at radius 3 is 2.92 bits per heavy atom. The summed E-state index contributed by atoms with van der Waals surface area (Å²) in [5.74, 6) is 2.62. The molecule has 2 N–H and O–H groups in total. The lowest BCUT2D eigenvalue weighted by molar-refractivity contribution is 0.310. The largest absolute Gasteiger partial charge is 0.552 e. The van der Waals surface area contributed by atoms with Crippen LogP contribution < -0.4 is 4.65 Å². The van der Waals surface area contributed by atoms with Crippen molar-refractivity contribution < 1.29 is 18.1 Å². The smallest absolute Gasteiger partial charge is 0.531 e. The Balaban J connectivity index is 1.67. The number of pyridine rings is 1. The van der Waals surface area contributed by atoms with Gasteiger partial charge in [-0.2, -0.15) is 0 Å². The molecule has 2 aliphatic rings. The third-order valence-electron chi connectivity index (χ3n) is 5.06. The van der Waals surface area contributed by atoms with E-state index in [-0.39, 0.29) is 11.7 Å². The third kappa shape index (κ3) is 2.86. The molecule has 4 rings (SSSR count). The number of piperidine rings is 1. The zero-order valence-electron chi connectivity index (χ0n) is 14.0. The molecule has 2 aromatic heterocycles. The summed E-state index contributed by atoms with van der Waals surface area (Å²) in [5.41, 5.74) is 2.75. The number of nitrogens with zero attached hydrogens (tertiary/aromatic N) is 2. The van der Waals surface area contributed by atoms with Gasteiger partial charge in [0.2, 0.25) is 10.0 Å². The summed E-state index contributed by atoms with van der Waals surface area (Å²) in [7, 11) is -4.15. The fourth-order valence-electron chi connectivity index (χ4n) is 3.75. The summed E-state index contributed by atoms with van der Waals surface area (Å²) in [5, 5.41) is 11.0. The highest BCUT2D eigenvalue weighted by atomic mass is 32.2. The van der Waals surface area contributed by atoms with Crippen molar-refractivity contribution in [3.63, 3.8) is 0 Å². The molecule has 4 heterocycles. The molecule has 9 heteroatoms. The van der Waals surface area contributed by atoms with Crippen molar-refractivity contribution in [2.75, 3.05) is 18.8 Å². The predicted octanol–water partition coefficient (Wildman–Crippen LogP) is 1.42. The van der Waals surface area contributed by atoms with Crippen LogP contribution in [-0.2, 0) is 10.0 Å². The van der Waals surface area contributed by atoms with E-state index in [9.17, 15) is 13.4 Å². The number of fused-ring (bicyclic) bond motifs is 3. The fraction of sp³-hybridized carbons (Fsp3) is 0.438. The number of allylic oxidation sites excluding steroid dienone is 1. The molecule has 7 nitrogen and oxygen atoms in total. The summed E-state index contributed by atoms with van der Waals surface area (Å²) in [6.45, 7) is 2.68. The second-order valence-electron chi connectivity index (χ2n) is 6.44. The van der Waals surface area contributed by atoms with E-state index in [0.717, 1.165) is 35.0 Å². The Hall–Kier alpha value is -1.84. The van der Waals surface area contributed by atoms with Crippen LogP contribution in [0.4, 0.5) is 0 Å². The number of sulfonamides is 1. The maximum Gasteiger partial charge on any atom is 0.552 e. The minimum atomic E-state index is -3.15. The lowest BCUT2D eigenvalue weighted by Crippen LogP contribution is -2.40. The Morgan fingerprint density at radius 1 is 1.44 bits per heavy atom. The average Bonchev–Trinajstić information content (AvgIpc) is 3.09. The lowest BCUT2D eigenvalue weighted by Gasteiger charge is -2.34. The van der Waals surface area contributed by atoms with Crippen LogP contribution in [0.2, 0.25) is 0 Å². The van der Waals surface area contributed by atoms with Crippen molar-refractivity contribution in [2.45, 2.75) is 19.8 Å². The molecule has 0 atom stereocenters. The van der Waals surface area contributed by atoms with Gasteiger partial charge in [-0.1, -0.05) is 0 Å². The number of hydrogen-bond acceptors (Lipinski definition) is 5. The van der Waals surface area contributed by atoms with Gasteiger partial charge in [0, 0.05) is 30.2 Å². The van der Waals surface area contributed by atoms with Gasteiger partial charge >= 0.3 is 7.12 Å². The first kappa shape index (κ1) is 16.6. The molecule has 0 radical (unpaired) electrons. The third-order valence-corrected chi connectivity index (χ3v) is 6.94. The molecule has 0 saturated carbocycles. The first-order valence-electron chi connectivity index (χ1n) is 8.50. The minimum Gasteiger partial charge on any atom is -0.531 e. The molecule has 2 aliphatic heterocycles. The summed E-state index contributed by atoms with van der Waals surface area (Å²) >= 11 is 0. The maximum absolute atomic E-state index is 12.1. The van der Waals surface area contributed by atoms with E-state index in [1.54, 1.807) is 23.4 Å². The molecule has 25 heavy (non-hydrogen) atoms. The Labute approximate surface area is 146 Å². The van der Waals surface area contributed by atoms with Crippen LogP contribution >= 0.6 is 0 Å². The summed E-state index contributed by atoms with van der Waals surface area (Å²) < 4.78 is 31.2. The summed E-state index contributed by atoms with van der Waals surface area (Å²) in [6.07, 6.45) is 4.91. The standard InChI is InChI=1S/C16H20BN3O4S/c1-2-25(22,23)20-7-4-11(5-8-20)13-9-17(21)24-14-10-19-16-12(15(13)14)3-6-18-16/h3,6,9-11,21H,2,4-5,7-8H2,1H3,(H,18,19). The van der Waals surface area contributed by atoms with Gasteiger partial charge in [-0.25, -0.2) is 17.7 Å². The number of nitrogens with one attached hydrogen (secondary N) is 1. The number of aromatic amines is 1. The SMILES string of the molecule is CCS(=O)(=O)N1CCC(C2=CB(O)Oc3cnc4[nH]ccc4c32)CC1. The molecule has 0 aromatic carbocycles. The topological polar surface area (TPSA) is 95.5 Å². The zero-order chi connectivity index (χ0) is 17.6. The number of rotatable bonds is 3. The average molecular weight is 361 g/mol. The van der Waals surface area contributed by atoms with Crippen LogP contribution in [0, 0.1) is 5.92 Å². The van der Waals surface area contributed by atoms with Gasteiger partial charge < -0.3 is 14.7 Å². The highest BCUT2D eigenvalue weighted by Gasteiger charge is 2.34. The van der Waals surface area contributed by atoms with Crippen LogP contribution in [0.25, 0.3) is 16.6 Å². The van der Waals surface area contributed by atoms with Crippen LogP contribution in [0.3, 0.4) is 0 Å². The van der Waals surface area contributed by atoms with Crippen LogP contribution in [0.15, 0.2) is 24.4 Å². The van der Waals surface area contributed by atoms with E-state index in [2.05, 4.69) is 9.97 Å². The summed E-state index contributed by atoms with van der Waals surface area (Å²) in [6, 6.07) is 1.95. The van der Waals surface area contributed by atoms with Crippen molar-refractivity contribution in [1.82, 2.24) is 14.3 Å². The maximum atomic E-state index is 12.1. The highest BCUT2D eigenvalue weighted by molar-refractivity contribution is 7.89. The van der Waals surface area contributed by atoms with Gasteiger partial charge in [-0.05, 0) is 43.3 Å². The molecule has 0 aliphatic carbocycles. The van der Waals surface area contributed by atoms with Gasteiger partial charge in [0.1, 0.15) is 11.4 Å². The van der Waals surface area contributed by atoms with Gasteiger partial charge in [0.15, 0.2) is 0 Å². The molecule has 0 spiro atoms. The molecule has 2 aromatic rings. The van der Waals surface area contributed by atoms with E-state index < -0.39 is 17.1 Å². The molecule has 0 unspecified atom stereocenters. The highest BCUT2D eigenvalue weighted by Crippen LogP contribution is 2.42. The van der Waals surface area contributed by atoms with E-state index >= 15 is 0 Å². The van der Waals surface area contributed by atoms with Crippen molar-refractivity contribution >= 4 is 33.7 Å². The van der Waals surface area contributed by atoms with Crippen molar-refractivity contribution in [1.29, 1.82) is 0 Å². The molecule has 1 fully saturated rings. The van der Waals surface area contributed by atoms with Gasteiger partial charge in [0.05, 0.1) is 11.9 Å². The second-order valence-corrected chi connectivity index (χ2v) is 8.70. The number of aromatic nitrogens is 2. The Kier molecular flexibility index (Phi) is 4.09. The predicted molar refractivity (Wildman–Crippen MR) is 96.4 cm³/mol. The molecule has 0 amide bonds. The number of hydrogen-bond donors (Lipinski definition) is 2. The second kappa shape index (κ2) is 6.15. The fourth-order valence-corrected chi connectivity index (χ4v) is 4.88. The normalized spacial score (nSPS) is 19.6. The number of H-pyrrole nitrogens is 1. The van der Waals surface area contributed by atoms with E-state index in [0.29, 0.717) is 18.8 Å². The van der Waals surface area contributed by atoms with Crippen molar-refractivity contribution in [3.8, 4) is 5.75 Å². The van der Waals surface area contributed by atoms with Crippen LogP contribution in [0.5, 0.6) is 5.75 Å². The zero-order valence-corrected chi connectivity index (χ0v) is 14.8. The Morgan fingerprint density at radius 2 is 2.20 bits per heavy atom. The minimum absolute atomic E-state index is 0.130. The molecular weight excluding hydrogens is 341 g/mol. The first-order valence-corrected chi connectivity index (χ1v) is 10.1. The summed E-state index contributed by atoms with van der Waals surface area (Å²) in [4.78, 5) is 7.41. The first-order chi connectivity index (χ1) is 12.0. The Bertz CT molecular complexity index is 932. The molecule has 1 saturated heterocycles. The molecule has 132 valence electrons. The lowest BCUT2D eigenvalue weighted by atomic mass is 9.74.